The number of nitrogens with zero attached hydrogens (tertiary/aromatic N) is 2. The Hall–Kier alpha value is -3.36. The molecule has 0 aliphatic rings. The van der Waals surface area contributed by atoms with E-state index in [1.807, 2.05) is 0 Å². The Morgan fingerprint density at radius 3 is 2.65 bits per heavy atom. The Bertz CT molecular complexity index is 800. The molecule has 0 atom stereocenters. The largest absolute Gasteiger partial charge is 0.495 e. The number of likely N-dealkylation sites (N-methyl/N-ethyl adjacent to an activating group) is 1. The number of nitrogens with one attached hydrogen (secondary N) is 1. The molecule has 2 aromatic carbocycles. The maximum Gasteiger partial charge on any atom is 0.321 e. The van der Waals surface area contributed by atoms with Gasteiger partial charge in [-0.1, -0.05) is 12.1 Å². The summed E-state index contributed by atoms with van der Waals surface area (Å²) < 4.78 is 23.8. The van der Waals surface area contributed by atoms with E-state index in [1.165, 1.54) is 49.4 Å². The number of amides is 2. The molecule has 2 amide bonds. The van der Waals surface area contributed by atoms with Crippen LogP contribution in [-0.4, -0.2) is 43.2 Å². The molecule has 9 heteroatoms. The number of nitro benzene ring substituents is 1. The molecule has 8 nitrogen and oxygen atoms in total. The van der Waals surface area contributed by atoms with Crippen molar-refractivity contribution < 1.29 is 23.6 Å². The van der Waals surface area contributed by atoms with E-state index in [-0.39, 0.29) is 30.3 Å². The fraction of sp³-hybridized carbons (Fsp3) is 0.235. The smallest absolute Gasteiger partial charge is 0.321 e. The normalized spacial score (nSPS) is 10.1. The molecule has 0 fully saturated rings. The molecule has 26 heavy (non-hydrogen) atoms. The summed E-state index contributed by atoms with van der Waals surface area (Å²) >= 11 is 0. The van der Waals surface area contributed by atoms with E-state index in [9.17, 15) is 19.3 Å². The Kier molecular flexibility index (Phi) is 6.31. The van der Waals surface area contributed by atoms with Crippen LogP contribution >= 0.6 is 0 Å². The van der Waals surface area contributed by atoms with Gasteiger partial charge in [-0.15, -0.1) is 0 Å². The number of anilines is 1. The van der Waals surface area contributed by atoms with Crippen molar-refractivity contribution >= 4 is 17.4 Å². The SMILES string of the molecule is COc1ccc([N+](=O)[O-])cc1NC(=O)N(C)CCOc1ccccc1F. The lowest BCUT2D eigenvalue weighted by atomic mass is 10.2. The van der Waals surface area contributed by atoms with Gasteiger partial charge in [-0.05, 0) is 18.2 Å². The summed E-state index contributed by atoms with van der Waals surface area (Å²) in [5.74, 6) is -0.0949. The van der Waals surface area contributed by atoms with Gasteiger partial charge in [0.25, 0.3) is 5.69 Å². The van der Waals surface area contributed by atoms with E-state index in [1.54, 1.807) is 12.1 Å². The highest BCUT2D eigenvalue weighted by Crippen LogP contribution is 2.29. The molecule has 2 rings (SSSR count). The summed E-state index contributed by atoms with van der Waals surface area (Å²) in [5, 5.41) is 13.4. The third-order valence-electron chi connectivity index (χ3n) is 3.50. The molecule has 0 unspecified atom stereocenters. The predicted octanol–water partition coefficient (Wildman–Crippen LogP) is 3.29. The van der Waals surface area contributed by atoms with Gasteiger partial charge < -0.3 is 19.7 Å². The van der Waals surface area contributed by atoms with Crippen molar-refractivity contribution in [1.82, 2.24) is 4.90 Å². The summed E-state index contributed by atoms with van der Waals surface area (Å²) in [6.07, 6.45) is 0. The number of hydrogen-bond acceptors (Lipinski definition) is 5. The van der Waals surface area contributed by atoms with E-state index in [4.69, 9.17) is 9.47 Å². The van der Waals surface area contributed by atoms with E-state index in [0.717, 1.165) is 0 Å². The molecule has 0 aliphatic carbocycles. The molecule has 0 aromatic heterocycles. The second-order valence-corrected chi connectivity index (χ2v) is 5.27. The maximum absolute atomic E-state index is 13.5. The molecular weight excluding hydrogens is 345 g/mol. The third-order valence-corrected chi connectivity index (χ3v) is 3.50. The van der Waals surface area contributed by atoms with Crippen molar-refractivity contribution in [2.75, 3.05) is 32.6 Å². The highest BCUT2D eigenvalue weighted by molar-refractivity contribution is 5.91. The molecule has 0 bridgehead atoms. The minimum Gasteiger partial charge on any atom is -0.495 e. The first-order chi connectivity index (χ1) is 12.4. The Morgan fingerprint density at radius 2 is 2.00 bits per heavy atom. The highest BCUT2D eigenvalue weighted by Gasteiger charge is 2.16. The molecule has 0 saturated carbocycles. The molecule has 138 valence electrons. The second kappa shape index (κ2) is 8.65. The van der Waals surface area contributed by atoms with Crippen LogP contribution in [0.4, 0.5) is 20.6 Å². The van der Waals surface area contributed by atoms with Gasteiger partial charge in [0.15, 0.2) is 11.6 Å². The van der Waals surface area contributed by atoms with Gasteiger partial charge in [0, 0.05) is 19.2 Å². The number of methoxy groups -OCH3 is 1. The van der Waals surface area contributed by atoms with E-state index in [2.05, 4.69) is 5.32 Å². The second-order valence-electron chi connectivity index (χ2n) is 5.27. The summed E-state index contributed by atoms with van der Waals surface area (Å²) in [5.41, 5.74) is 0.000196. The van der Waals surface area contributed by atoms with Crippen molar-refractivity contribution in [1.29, 1.82) is 0 Å². The summed E-state index contributed by atoms with van der Waals surface area (Å²) in [4.78, 5) is 23.8. The lowest BCUT2D eigenvalue weighted by Gasteiger charge is -2.19. The zero-order valence-electron chi connectivity index (χ0n) is 14.3. The van der Waals surface area contributed by atoms with Gasteiger partial charge in [-0.25, -0.2) is 9.18 Å². The van der Waals surface area contributed by atoms with Crippen molar-refractivity contribution in [3.05, 3.63) is 58.4 Å². The van der Waals surface area contributed by atoms with Crippen LogP contribution in [0.5, 0.6) is 11.5 Å². The number of hydrogen-bond donors (Lipinski definition) is 1. The van der Waals surface area contributed by atoms with Gasteiger partial charge in [0.1, 0.15) is 12.4 Å². The molecule has 0 saturated heterocycles. The van der Waals surface area contributed by atoms with Crippen LogP contribution in [0.3, 0.4) is 0 Å². The van der Waals surface area contributed by atoms with Crippen LogP contribution in [0.1, 0.15) is 0 Å². The first-order valence-electron chi connectivity index (χ1n) is 7.64. The fourth-order valence-electron chi connectivity index (χ4n) is 2.07. The number of carbonyl (C=O) groups excluding carboxylic acids is 1. The van der Waals surface area contributed by atoms with Crippen LogP contribution < -0.4 is 14.8 Å². The fourth-order valence-corrected chi connectivity index (χ4v) is 2.07. The van der Waals surface area contributed by atoms with E-state index in [0.29, 0.717) is 5.75 Å². The number of halogens is 1. The standard InChI is InChI=1S/C17H18FN3O5/c1-20(9-10-26-15-6-4-3-5-13(15)18)17(22)19-14-11-12(21(23)24)7-8-16(14)25-2/h3-8,11H,9-10H2,1-2H3,(H,19,22). The maximum atomic E-state index is 13.5. The number of ether oxygens (including phenoxy) is 2. The van der Waals surface area contributed by atoms with E-state index >= 15 is 0 Å². The quantitative estimate of drug-likeness (QED) is 0.602. The first kappa shape index (κ1) is 19.0. The predicted molar refractivity (Wildman–Crippen MR) is 93.2 cm³/mol. The summed E-state index contributed by atoms with van der Waals surface area (Å²) in [6, 6.07) is 9.33. The first-order valence-corrected chi connectivity index (χ1v) is 7.64. The summed E-state index contributed by atoms with van der Waals surface area (Å²) in [6.45, 7) is 0.258. The number of non-ortho nitro benzene ring substituents is 1. The minimum atomic E-state index is -0.568. The Morgan fingerprint density at radius 1 is 1.27 bits per heavy atom. The van der Waals surface area contributed by atoms with Gasteiger partial charge in [0.05, 0.1) is 24.3 Å². The lowest BCUT2D eigenvalue weighted by Crippen LogP contribution is -2.34. The molecule has 1 N–H and O–H groups in total. The van der Waals surface area contributed by atoms with Gasteiger partial charge in [-0.2, -0.15) is 0 Å². The van der Waals surface area contributed by atoms with Crippen LogP contribution in [0.15, 0.2) is 42.5 Å². The van der Waals surface area contributed by atoms with Crippen LogP contribution in [0, 0.1) is 15.9 Å². The monoisotopic (exact) mass is 363 g/mol. The Labute approximate surface area is 149 Å². The molecule has 2 aromatic rings. The number of urea groups is 1. The van der Waals surface area contributed by atoms with Crippen molar-refractivity contribution in [3.63, 3.8) is 0 Å². The van der Waals surface area contributed by atoms with Crippen LogP contribution in [-0.2, 0) is 0 Å². The van der Waals surface area contributed by atoms with Crippen molar-refractivity contribution in [2.24, 2.45) is 0 Å². The molecule has 0 heterocycles. The zero-order chi connectivity index (χ0) is 19.1. The minimum absolute atomic E-state index is 0.0803. The van der Waals surface area contributed by atoms with Gasteiger partial charge in [0.2, 0.25) is 0 Å². The molecular formula is C17H18FN3O5. The van der Waals surface area contributed by atoms with E-state index < -0.39 is 16.8 Å². The average molecular weight is 363 g/mol. The molecule has 0 aliphatic heterocycles. The number of rotatable bonds is 7. The zero-order valence-corrected chi connectivity index (χ0v) is 14.3. The van der Waals surface area contributed by atoms with Crippen LogP contribution in [0.2, 0.25) is 0 Å². The number of para-hydroxylation sites is 1. The number of nitro groups is 1. The molecule has 0 spiro atoms. The van der Waals surface area contributed by atoms with Gasteiger partial charge in [-0.3, -0.25) is 10.1 Å². The average Bonchev–Trinajstić information content (AvgIpc) is 2.63. The highest BCUT2D eigenvalue weighted by atomic mass is 19.1. The van der Waals surface area contributed by atoms with Crippen molar-refractivity contribution in [3.8, 4) is 11.5 Å². The lowest BCUT2D eigenvalue weighted by molar-refractivity contribution is -0.384. The molecule has 0 radical (unpaired) electrons. The summed E-state index contributed by atoms with van der Waals surface area (Å²) in [7, 11) is 2.91. The topological polar surface area (TPSA) is 93.9 Å². The third kappa shape index (κ3) is 4.82. The van der Waals surface area contributed by atoms with Crippen LogP contribution in [0.25, 0.3) is 0 Å². The number of carbonyl (C=O) groups is 1. The van der Waals surface area contributed by atoms with Crippen molar-refractivity contribution in [2.45, 2.75) is 0 Å². The number of benzene rings is 2. The van der Waals surface area contributed by atoms with Gasteiger partial charge >= 0.3 is 6.03 Å². The Balaban J connectivity index is 1.95.